The Balaban J connectivity index is 1.57. The van der Waals surface area contributed by atoms with Crippen molar-refractivity contribution in [3.8, 4) is 0 Å². The first kappa shape index (κ1) is 39.5. The van der Waals surface area contributed by atoms with Gasteiger partial charge in [0.1, 0.15) is 0 Å². The van der Waals surface area contributed by atoms with Crippen LogP contribution in [0.1, 0.15) is 74.1 Å². The second kappa shape index (κ2) is 16.8. The number of alkyl halides is 6. The summed E-state index contributed by atoms with van der Waals surface area (Å²) >= 11 is 0. The number of amides is 1. The molecule has 1 saturated heterocycles. The maximum Gasteiger partial charge on any atom is 0.416 e. The van der Waals surface area contributed by atoms with Crippen molar-refractivity contribution >= 4 is 23.6 Å². The van der Waals surface area contributed by atoms with Gasteiger partial charge in [-0.25, -0.2) is 14.8 Å². The van der Waals surface area contributed by atoms with Crippen molar-refractivity contribution in [3.05, 3.63) is 71.7 Å². The van der Waals surface area contributed by atoms with E-state index in [4.69, 9.17) is 9.47 Å². The molecular formula is C36H45F6N5O4. The lowest BCUT2D eigenvalue weighted by atomic mass is 9.81. The van der Waals surface area contributed by atoms with E-state index in [9.17, 15) is 35.9 Å². The molecule has 0 bridgehead atoms. The molecule has 2 fully saturated rings. The monoisotopic (exact) mass is 725 g/mol. The Morgan fingerprint density at radius 3 is 2.12 bits per heavy atom. The molecule has 0 unspecified atom stereocenters. The zero-order chi connectivity index (χ0) is 37.5. The van der Waals surface area contributed by atoms with Crippen LogP contribution in [0.15, 0.2) is 49.4 Å². The quantitative estimate of drug-likeness (QED) is 0.124. The number of anilines is 1. The topological polar surface area (TPSA) is 88.1 Å². The van der Waals surface area contributed by atoms with Crippen LogP contribution < -0.4 is 4.90 Å². The third kappa shape index (κ3) is 10.4. The van der Waals surface area contributed by atoms with Crippen LogP contribution in [0.25, 0.3) is 5.57 Å². The number of carbonyl (C=O) groups is 2. The minimum atomic E-state index is -5.01. The molecule has 0 radical (unpaired) electrons. The summed E-state index contributed by atoms with van der Waals surface area (Å²) in [5.74, 6) is 0.0563. The molecule has 1 amide bonds. The Hall–Kier alpha value is -4.30. The van der Waals surface area contributed by atoms with E-state index in [1.54, 1.807) is 27.0 Å². The summed E-state index contributed by atoms with van der Waals surface area (Å²) in [6.07, 6.45) is 0.446. The van der Waals surface area contributed by atoms with Gasteiger partial charge in [-0.3, -0.25) is 4.79 Å². The summed E-state index contributed by atoms with van der Waals surface area (Å²) in [6.45, 7) is 5.59. The number of carbonyl (C=O) groups excluding carboxylic acids is 2. The Labute approximate surface area is 294 Å². The van der Waals surface area contributed by atoms with Crippen LogP contribution in [0, 0.1) is 11.8 Å². The van der Waals surface area contributed by atoms with E-state index in [1.165, 1.54) is 19.5 Å². The maximum atomic E-state index is 13.8. The molecule has 280 valence electrons. The van der Waals surface area contributed by atoms with Gasteiger partial charge in [0.25, 0.3) is 0 Å². The minimum absolute atomic E-state index is 0.0793. The zero-order valence-corrected chi connectivity index (χ0v) is 29.3. The number of hydrogen-bond acceptors (Lipinski definition) is 8. The molecule has 4 rings (SSSR count). The fourth-order valence-corrected chi connectivity index (χ4v) is 6.79. The van der Waals surface area contributed by atoms with E-state index >= 15 is 0 Å². The lowest BCUT2D eigenvalue weighted by molar-refractivity contribution is -0.147. The molecule has 0 N–H and O–H groups in total. The predicted molar refractivity (Wildman–Crippen MR) is 179 cm³/mol. The molecule has 2 heterocycles. The largest absolute Gasteiger partial charge is 0.469 e. The van der Waals surface area contributed by atoms with Gasteiger partial charge in [-0.05, 0) is 74.6 Å². The Morgan fingerprint density at radius 2 is 1.61 bits per heavy atom. The van der Waals surface area contributed by atoms with Gasteiger partial charge < -0.3 is 24.2 Å². The number of esters is 1. The summed E-state index contributed by atoms with van der Waals surface area (Å²) in [4.78, 5) is 39.1. The molecule has 51 heavy (non-hydrogen) atoms. The SMILES string of the molecule is C=C/C(=C\N(C)C)c1cnc(N(Cc2cc(C(F)(F)F)cc(C(F)(F)F)c2)[C@H]2C[C@@H](CC)N(C(=O)OCCC3CCC(C(=O)OC)CC3)C2)nc1. The first-order valence-electron chi connectivity index (χ1n) is 16.9. The fraction of sp³-hybridized carbons (Fsp3) is 0.556. The van der Waals surface area contributed by atoms with Crippen LogP contribution in [-0.2, 0) is 33.2 Å². The summed E-state index contributed by atoms with van der Waals surface area (Å²) < 4.78 is 93.1. The summed E-state index contributed by atoms with van der Waals surface area (Å²) in [7, 11) is 5.02. The molecule has 1 aliphatic heterocycles. The summed E-state index contributed by atoms with van der Waals surface area (Å²) in [5, 5.41) is 0. The van der Waals surface area contributed by atoms with E-state index in [0.29, 0.717) is 61.3 Å². The fourth-order valence-electron chi connectivity index (χ4n) is 6.79. The first-order valence-corrected chi connectivity index (χ1v) is 16.9. The van der Waals surface area contributed by atoms with E-state index in [2.05, 4.69) is 16.5 Å². The number of benzene rings is 1. The molecule has 1 aliphatic carbocycles. The second-order valence-electron chi connectivity index (χ2n) is 13.3. The predicted octanol–water partition coefficient (Wildman–Crippen LogP) is 7.97. The molecule has 9 nitrogen and oxygen atoms in total. The second-order valence-corrected chi connectivity index (χ2v) is 13.3. The van der Waals surface area contributed by atoms with Crippen LogP contribution in [0.5, 0.6) is 0 Å². The minimum Gasteiger partial charge on any atom is -0.469 e. The number of nitrogens with zero attached hydrogens (tertiary/aromatic N) is 5. The molecular weight excluding hydrogens is 680 g/mol. The highest BCUT2D eigenvalue weighted by Crippen LogP contribution is 2.38. The Bertz CT molecular complexity index is 1510. The van der Waals surface area contributed by atoms with Crippen LogP contribution in [-0.4, -0.2) is 78.3 Å². The number of likely N-dealkylation sites (tertiary alicyclic amines) is 1. The lowest BCUT2D eigenvalue weighted by Crippen LogP contribution is -2.40. The molecule has 1 aromatic carbocycles. The first-order chi connectivity index (χ1) is 24.0. The van der Waals surface area contributed by atoms with Gasteiger partial charge in [-0.2, -0.15) is 26.3 Å². The Morgan fingerprint density at radius 1 is 1.00 bits per heavy atom. The van der Waals surface area contributed by atoms with E-state index < -0.39 is 35.6 Å². The van der Waals surface area contributed by atoms with Gasteiger partial charge in [0.05, 0.1) is 36.8 Å². The molecule has 1 saturated carbocycles. The van der Waals surface area contributed by atoms with E-state index in [0.717, 1.165) is 12.8 Å². The zero-order valence-electron chi connectivity index (χ0n) is 29.3. The van der Waals surface area contributed by atoms with Crippen molar-refractivity contribution in [2.45, 2.75) is 82.9 Å². The number of methoxy groups -OCH3 is 1. The lowest BCUT2D eigenvalue weighted by Gasteiger charge is -2.30. The van der Waals surface area contributed by atoms with Gasteiger partial charge in [0.2, 0.25) is 5.95 Å². The van der Waals surface area contributed by atoms with Crippen molar-refractivity contribution in [1.82, 2.24) is 19.8 Å². The number of halogens is 6. The number of aromatic nitrogens is 2. The van der Waals surface area contributed by atoms with Gasteiger partial charge in [-0.15, -0.1) is 0 Å². The number of allylic oxidation sites excluding steroid dienone is 2. The highest BCUT2D eigenvalue weighted by molar-refractivity contribution is 5.73. The van der Waals surface area contributed by atoms with Crippen LogP contribution in [0.3, 0.4) is 0 Å². The van der Waals surface area contributed by atoms with E-state index in [1.807, 2.05) is 21.0 Å². The molecule has 1 aromatic heterocycles. The third-order valence-corrected chi connectivity index (χ3v) is 9.52. The smallest absolute Gasteiger partial charge is 0.416 e. The summed E-state index contributed by atoms with van der Waals surface area (Å²) in [5.41, 5.74) is -1.78. The van der Waals surface area contributed by atoms with Crippen molar-refractivity contribution in [3.63, 3.8) is 0 Å². The maximum absolute atomic E-state index is 13.8. The third-order valence-electron chi connectivity index (χ3n) is 9.52. The molecule has 2 atom stereocenters. The molecule has 0 spiro atoms. The average Bonchev–Trinajstić information content (AvgIpc) is 3.53. The van der Waals surface area contributed by atoms with Gasteiger partial charge in [-0.1, -0.05) is 19.6 Å². The highest BCUT2D eigenvalue weighted by Gasteiger charge is 2.41. The van der Waals surface area contributed by atoms with Crippen molar-refractivity contribution in [2.24, 2.45) is 11.8 Å². The average molecular weight is 726 g/mol. The summed E-state index contributed by atoms with van der Waals surface area (Å²) in [6, 6.07) is 0.634. The Kier molecular flexibility index (Phi) is 13.0. The van der Waals surface area contributed by atoms with Gasteiger partial charge >= 0.3 is 24.4 Å². The van der Waals surface area contributed by atoms with Crippen LogP contribution >= 0.6 is 0 Å². The molecule has 15 heteroatoms. The number of hydrogen-bond donors (Lipinski definition) is 0. The molecule has 2 aliphatic rings. The van der Waals surface area contributed by atoms with Crippen molar-refractivity contribution in [1.29, 1.82) is 0 Å². The number of ether oxygens (including phenoxy) is 2. The standard InChI is InChI=1S/C36H45F6N5O4/c1-6-25(21-45(3)4)27-18-43-33(44-19-27)46(20-24-14-28(35(37,38)39)16-29(15-24)36(40,41)42)31-17-30(7-2)47(22-31)34(49)51-13-12-23-8-10-26(11-9-23)32(48)50-5/h6,14-16,18-19,21,23,26,30-31H,1,7-13,17,20,22H2,2-5H3/b25-21+/t23?,26?,30-,31+/m1/s1. The van der Waals surface area contributed by atoms with Crippen molar-refractivity contribution < 1.29 is 45.4 Å². The van der Waals surface area contributed by atoms with Gasteiger partial charge in [0, 0.05) is 63.0 Å². The normalized spacial score (nSPS) is 21.3. The van der Waals surface area contributed by atoms with Crippen LogP contribution in [0.4, 0.5) is 37.1 Å². The van der Waals surface area contributed by atoms with E-state index in [-0.39, 0.29) is 55.2 Å². The van der Waals surface area contributed by atoms with Crippen molar-refractivity contribution in [2.75, 3.05) is 39.3 Å². The molecule has 2 aromatic rings. The van der Waals surface area contributed by atoms with Crippen LogP contribution in [0.2, 0.25) is 0 Å². The number of rotatable bonds is 12. The van der Waals surface area contributed by atoms with Gasteiger partial charge in [0.15, 0.2) is 0 Å². The highest BCUT2D eigenvalue weighted by atomic mass is 19.4.